The van der Waals surface area contributed by atoms with Crippen LogP contribution in [0.1, 0.15) is 49.9 Å². The van der Waals surface area contributed by atoms with Crippen LogP contribution < -0.4 is 9.47 Å². The number of fused-ring (bicyclic) bond motifs is 1. The molecule has 2 aliphatic heterocycles. The summed E-state index contributed by atoms with van der Waals surface area (Å²) in [5.74, 6) is 0.845. The fourth-order valence-electron chi connectivity index (χ4n) is 4.76. The molecule has 1 amide bonds. The first-order valence-corrected chi connectivity index (χ1v) is 10.8. The van der Waals surface area contributed by atoms with Gasteiger partial charge in [0.05, 0.1) is 5.92 Å². The summed E-state index contributed by atoms with van der Waals surface area (Å²) in [7, 11) is 0. The number of esters is 1. The van der Waals surface area contributed by atoms with Crippen LogP contribution in [0, 0.1) is 17.8 Å². The SMILES string of the molecule is C[C@@H]1[C@H](C)CCC[C@H]1N1C[C@H](C(=O)OCC(=O)c2ccc3c(c2)OCCO3)CC1=O. The maximum absolute atomic E-state index is 12.6. The summed E-state index contributed by atoms with van der Waals surface area (Å²) < 4.78 is 16.2. The number of ketones is 1. The molecule has 0 N–H and O–H groups in total. The minimum absolute atomic E-state index is 0.0149. The zero-order valence-corrected chi connectivity index (χ0v) is 17.6. The van der Waals surface area contributed by atoms with Gasteiger partial charge in [-0.1, -0.05) is 26.7 Å². The number of hydrogen-bond acceptors (Lipinski definition) is 6. The first-order valence-electron chi connectivity index (χ1n) is 10.8. The summed E-state index contributed by atoms with van der Waals surface area (Å²) in [5, 5.41) is 0. The molecule has 3 aliphatic rings. The number of amides is 1. The number of benzene rings is 1. The lowest BCUT2D eigenvalue weighted by molar-refractivity contribution is -0.147. The van der Waals surface area contributed by atoms with Crippen LogP contribution in [0.15, 0.2) is 18.2 Å². The van der Waals surface area contributed by atoms with Crippen LogP contribution in [0.5, 0.6) is 11.5 Å². The van der Waals surface area contributed by atoms with E-state index in [0.717, 1.165) is 12.8 Å². The van der Waals surface area contributed by atoms with Crippen molar-refractivity contribution < 1.29 is 28.6 Å². The molecule has 0 aromatic heterocycles. The van der Waals surface area contributed by atoms with Gasteiger partial charge >= 0.3 is 5.97 Å². The van der Waals surface area contributed by atoms with E-state index in [1.54, 1.807) is 18.2 Å². The predicted molar refractivity (Wildman–Crippen MR) is 109 cm³/mol. The van der Waals surface area contributed by atoms with Gasteiger partial charge in [0, 0.05) is 24.6 Å². The van der Waals surface area contributed by atoms with E-state index in [-0.39, 0.29) is 30.8 Å². The Morgan fingerprint density at radius 2 is 1.90 bits per heavy atom. The number of ether oxygens (including phenoxy) is 3. The van der Waals surface area contributed by atoms with Crippen molar-refractivity contribution in [2.45, 2.75) is 45.6 Å². The van der Waals surface area contributed by atoms with Crippen molar-refractivity contribution in [3.8, 4) is 11.5 Å². The summed E-state index contributed by atoms with van der Waals surface area (Å²) in [6.07, 6.45) is 3.45. The van der Waals surface area contributed by atoms with Crippen molar-refractivity contribution in [3.63, 3.8) is 0 Å². The third kappa shape index (κ3) is 4.16. The second-order valence-corrected chi connectivity index (χ2v) is 8.67. The van der Waals surface area contributed by atoms with Gasteiger partial charge in [-0.05, 0) is 36.5 Å². The highest BCUT2D eigenvalue weighted by atomic mass is 16.6. The number of hydrogen-bond donors (Lipinski definition) is 0. The average Bonchev–Trinajstić information content (AvgIpc) is 3.14. The van der Waals surface area contributed by atoms with Crippen molar-refractivity contribution in [3.05, 3.63) is 23.8 Å². The van der Waals surface area contributed by atoms with Gasteiger partial charge in [0.25, 0.3) is 0 Å². The molecule has 4 rings (SSSR count). The van der Waals surface area contributed by atoms with E-state index < -0.39 is 11.9 Å². The van der Waals surface area contributed by atoms with Crippen LogP contribution >= 0.6 is 0 Å². The molecule has 2 heterocycles. The molecule has 1 saturated carbocycles. The highest BCUT2D eigenvalue weighted by Crippen LogP contribution is 2.36. The minimum Gasteiger partial charge on any atom is -0.486 e. The van der Waals surface area contributed by atoms with Gasteiger partial charge in [0.2, 0.25) is 5.91 Å². The highest BCUT2D eigenvalue weighted by molar-refractivity contribution is 5.99. The van der Waals surface area contributed by atoms with Crippen LogP contribution in [0.2, 0.25) is 0 Å². The maximum atomic E-state index is 12.6. The Balaban J connectivity index is 1.32. The van der Waals surface area contributed by atoms with Gasteiger partial charge in [-0.2, -0.15) is 0 Å². The topological polar surface area (TPSA) is 82.1 Å². The third-order valence-electron chi connectivity index (χ3n) is 6.77. The molecule has 2 fully saturated rings. The van der Waals surface area contributed by atoms with Crippen molar-refractivity contribution in [2.75, 3.05) is 26.4 Å². The van der Waals surface area contributed by atoms with Gasteiger partial charge in [0.1, 0.15) is 13.2 Å². The van der Waals surface area contributed by atoms with Crippen LogP contribution in [-0.2, 0) is 14.3 Å². The molecular formula is C23H29NO6. The fourth-order valence-corrected chi connectivity index (χ4v) is 4.76. The summed E-state index contributed by atoms with van der Waals surface area (Å²) in [6, 6.07) is 5.12. The first kappa shape index (κ1) is 20.7. The summed E-state index contributed by atoms with van der Waals surface area (Å²) in [5.41, 5.74) is 0.404. The lowest BCUT2D eigenvalue weighted by Crippen LogP contribution is -2.45. The smallest absolute Gasteiger partial charge is 0.311 e. The molecule has 0 unspecified atom stereocenters. The molecule has 0 spiro atoms. The molecule has 0 radical (unpaired) electrons. The molecule has 30 heavy (non-hydrogen) atoms. The van der Waals surface area contributed by atoms with Crippen LogP contribution in [0.4, 0.5) is 0 Å². The van der Waals surface area contributed by atoms with Gasteiger partial charge in [-0.25, -0.2) is 0 Å². The standard InChI is InChI=1S/C23H29NO6/c1-14-4-3-5-18(15(14)2)24-12-17(11-22(24)26)23(27)30-13-19(25)16-6-7-20-21(10-16)29-9-8-28-20/h6-7,10,14-15,17-18H,3-5,8-9,11-13H2,1-2H3/t14-,15-,17-,18-/m1/s1. The molecule has 1 aromatic rings. The molecule has 162 valence electrons. The number of carbonyl (C=O) groups is 3. The Morgan fingerprint density at radius 3 is 2.70 bits per heavy atom. The van der Waals surface area contributed by atoms with E-state index in [4.69, 9.17) is 14.2 Å². The minimum atomic E-state index is -0.505. The monoisotopic (exact) mass is 415 g/mol. The van der Waals surface area contributed by atoms with Crippen molar-refractivity contribution in [2.24, 2.45) is 17.8 Å². The molecule has 1 saturated heterocycles. The Morgan fingerprint density at radius 1 is 1.13 bits per heavy atom. The largest absolute Gasteiger partial charge is 0.486 e. The van der Waals surface area contributed by atoms with E-state index in [0.29, 0.717) is 48.7 Å². The van der Waals surface area contributed by atoms with E-state index in [2.05, 4.69) is 13.8 Å². The van der Waals surface area contributed by atoms with Crippen LogP contribution in [0.25, 0.3) is 0 Å². The zero-order valence-electron chi connectivity index (χ0n) is 17.6. The summed E-state index contributed by atoms with van der Waals surface area (Å²) >= 11 is 0. The van der Waals surface area contributed by atoms with E-state index >= 15 is 0 Å². The van der Waals surface area contributed by atoms with Gasteiger partial charge in [-0.15, -0.1) is 0 Å². The number of carbonyl (C=O) groups excluding carboxylic acids is 3. The molecule has 1 aromatic carbocycles. The molecule has 1 aliphatic carbocycles. The number of rotatable bonds is 5. The highest BCUT2D eigenvalue weighted by Gasteiger charge is 2.42. The van der Waals surface area contributed by atoms with Crippen molar-refractivity contribution >= 4 is 17.7 Å². The Hall–Kier alpha value is -2.57. The molecule has 7 nitrogen and oxygen atoms in total. The lowest BCUT2D eigenvalue weighted by atomic mass is 9.77. The third-order valence-corrected chi connectivity index (χ3v) is 6.77. The van der Waals surface area contributed by atoms with Crippen molar-refractivity contribution in [1.29, 1.82) is 0 Å². The summed E-state index contributed by atoms with van der Waals surface area (Å²) in [6.45, 7) is 5.38. The van der Waals surface area contributed by atoms with E-state index in [1.807, 2.05) is 4.90 Å². The van der Waals surface area contributed by atoms with E-state index in [9.17, 15) is 14.4 Å². The predicted octanol–water partition coefficient (Wildman–Crippen LogP) is 2.86. The molecule has 7 heteroatoms. The fraction of sp³-hybridized carbons (Fsp3) is 0.609. The number of likely N-dealkylation sites (tertiary alicyclic amines) is 1. The molecule has 0 bridgehead atoms. The first-order chi connectivity index (χ1) is 14.4. The molecule has 4 atom stereocenters. The van der Waals surface area contributed by atoms with Gasteiger partial charge in [-0.3, -0.25) is 14.4 Å². The lowest BCUT2D eigenvalue weighted by Gasteiger charge is -2.39. The van der Waals surface area contributed by atoms with E-state index in [1.165, 1.54) is 6.42 Å². The quantitative estimate of drug-likeness (QED) is 0.543. The Bertz CT molecular complexity index is 837. The number of Topliss-reactive ketones (excluding diaryl/α,β-unsaturated/α-hetero) is 1. The maximum Gasteiger partial charge on any atom is 0.311 e. The van der Waals surface area contributed by atoms with Crippen LogP contribution in [-0.4, -0.2) is 55.0 Å². The summed E-state index contributed by atoms with van der Waals surface area (Å²) in [4.78, 5) is 39.4. The van der Waals surface area contributed by atoms with Gasteiger partial charge in [0.15, 0.2) is 23.9 Å². The van der Waals surface area contributed by atoms with Crippen molar-refractivity contribution in [1.82, 2.24) is 4.90 Å². The Labute approximate surface area is 176 Å². The normalized spacial score (nSPS) is 28.3. The zero-order chi connectivity index (χ0) is 21.3. The van der Waals surface area contributed by atoms with Crippen LogP contribution in [0.3, 0.4) is 0 Å². The Kier molecular flexibility index (Phi) is 5.97. The second kappa shape index (κ2) is 8.66. The van der Waals surface area contributed by atoms with Gasteiger partial charge < -0.3 is 19.1 Å². The number of nitrogens with zero attached hydrogens (tertiary/aromatic N) is 1. The molecular weight excluding hydrogens is 386 g/mol. The average molecular weight is 415 g/mol. The second-order valence-electron chi connectivity index (χ2n) is 8.67.